The molecule has 0 nitrogen and oxygen atoms in total. The average molecular weight is 808 g/mol. The van der Waals surface area contributed by atoms with Crippen LogP contribution in [-0.4, -0.2) is 3.21 Å². The van der Waals surface area contributed by atoms with Gasteiger partial charge in [-0.25, -0.2) is 12.2 Å². The summed E-state index contributed by atoms with van der Waals surface area (Å²) in [5.41, 5.74) is 17.0. The molecule has 8 rings (SSSR count). The normalized spacial score (nSPS) is 12.8. The average Bonchev–Trinajstić information content (AvgIpc) is 3.88. The van der Waals surface area contributed by atoms with Gasteiger partial charge in [-0.15, -0.1) is 23.1 Å². The zero-order valence-electron chi connectivity index (χ0n) is 34.6. The van der Waals surface area contributed by atoms with Crippen LogP contribution in [0.2, 0.25) is 0 Å². The van der Waals surface area contributed by atoms with Crippen molar-refractivity contribution >= 4 is 3.21 Å². The molecule has 2 aliphatic carbocycles. The number of benzene rings is 6. The second-order valence-corrected chi connectivity index (χ2v) is 18.6. The van der Waals surface area contributed by atoms with Gasteiger partial charge >= 0.3 is 183 Å². The number of fused-ring (bicyclic) bond motifs is 3. The van der Waals surface area contributed by atoms with Crippen LogP contribution in [0.3, 0.4) is 0 Å². The summed E-state index contributed by atoms with van der Waals surface area (Å²) in [4.78, 5) is 0. The third-order valence-corrected chi connectivity index (χ3v) is 12.2. The Morgan fingerprint density at radius 1 is 0.571 bits per heavy atom. The quantitative estimate of drug-likeness (QED) is 0.147. The molecule has 0 unspecified atom stereocenters. The SMILES string of the molecule is Cc1[c-]c2c(cc1C(C)(C)C)-c1cc(C(C)(C)C)c(C)cc1C2.[C-]1=CC=CC1.[Zr+2]=[C](C(c1ccccc1)c1ccccc1)C(c1ccccc1)c1ccccc1. The van der Waals surface area contributed by atoms with Crippen molar-refractivity contribution in [2.45, 2.75) is 90.9 Å². The minimum atomic E-state index is 0.163. The summed E-state index contributed by atoms with van der Waals surface area (Å²) in [5, 5.41) is 0. The first kappa shape index (κ1) is 41.2. The molecule has 1 heteroatoms. The van der Waals surface area contributed by atoms with Crippen LogP contribution in [0.25, 0.3) is 11.1 Å². The standard InChI is InChI=1S/C27H22.C23H29.C5H5.Zr/c1-5-13-22(14-6-1)26(23-15-7-2-8-16-23)21-27(24-17-9-3-10-18-24)25-19-11-4-12-20-25;1-14-9-16-11-17-10-15(2)21(23(6,7)8)13-19(17)18(16)12-20(14)22(3,4)5;1-2-4-5-3-1;/h1-20,26-27H;9,12-13H,11H2,1-8H3;1-3H,4H2;/q;2*-1;+2. The fourth-order valence-electron chi connectivity index (χ4n) is 8.21. The van der Waals surface area contributed by atoms with Crippen molar-refractivity contribution in [1.29, 1.82) is 0 Å². The van der Waals surface area contributed by atoms with E-state index in [9.17, 15) is 0 Å². The molecule has 0 aliphatic heterocycles. The van der Waals surface area contributed by atoms with Crippen molar-refractivity contribution in [3.63, 3.8) is 0 Å². The van der Waals surface area contributed by atoms with Crippen molar-refractivity contribution in [2.75, 3.05) is 0 Å². The zero-order chi connectivity index (χ0) is 39.9. The molecule has 0 radical (unpaired) electrons. The maximum absolute atomic E-state index is 3.69. The van der Waals surface area contributed by atoms with Gasteiger partial charge < -0.3 is 0 Å². The maximum atomic E-state index is 3.69. The summed E-state index contributed by atoms with van der Waals surface area (Å²) in [5.74, 6) is 0.567. The second-order valence-electron chi connectivity index (χ2n) is 17.2. The topological polar surface area (TPSA) is 0 Å². The Hall–Kier alpha value is -4.45. The Labute approximate surface area is 352 Å². The monoisotopic (exact) mass is 806 g/mol. The molecule has 280 valence electrons. The fraction of sp³-hybridized carbons (Fsp3) is 0.255. The molecule has 0 heterocycles. The van der Waals surface area contributed by atoms with E-state index >= 15 is 0 Å². The predicted octanol–water partition coefficient (Wildman–Crippen LogP) is 13.9. The van der Waals surface area contributed by atoms with Crippen molar-refractivity contribution in [3.05, 3.63) is 226 Å². The van der Waals surface area contributed by atoms with E-state index in [2.05, 4.69) is 213 Å². The molecule has 6 aromatic rings. The summed E-state index contributed by atoms with van der Waals surface area (Å²) in [6.45, 7) is 18.2. The minimum absolute atomic E-state index is 0.163. The van der Waals surface area contributed by atoms with Crippen molar-refractivity contribution in [3.8, 4) is 11.1 Å². The van der Waals surface area contributed by atoms with E-state index in [0.29, 0.717) is 0 Å². The molecule has 6 aromatic carbocycles. The van der Waals surface area contributed by atoms with E-state index in [1.165, 1.54) is 94.2 Å². The molecule has 2 aliphatic rings. The van der Waals surface area contributed by atoms with Gasteiger partial charge in [0.1, 0.15) is 0 Å². The van der Waals surface area contributed by atoms with Crippen LogP contribution in [0, 0.1) is 26.0 Å². The molecule has 0 N–H and O–H groups in total. The summed E-state index contributed by atoms with van der Waals surface area (Å²) >= 11 is 1.47. The van der Waals surface area contributed by atoms with Crippen molar-refractivity contribution in [2.24, 2.45) is 0 Å². The third kappa shape index (κ3) is 9.91. The molecule has 0 spiro atoms. The molecule has 0 saturated carbocycles. The first-order valence-electron chi connectivity index (χ1n) is 20.0. The predicted molar refractivity (Wildman–Crippen MR) is 236 cm³/mol. The molecular formula is C55H56Zr. The van der Waals surface area contributed by atoms with E-state index in [4.69, 9.17) is 0 Å². The van der Waals surface area contributed by atoms with Gasteiger partial charge in [-0.3, -0.25) is 6.08 Å². The van der Waals surface area contributed by atoms with E-state index in [-0.39, 0.29) is 22.7 Å². The summed E-state index contributed by atoms with van der Waals surface area (Å²) in [6.07, 6.45) is 11.0. The Bertz CT molecular complexity index is 2040. The van der Waals surface area contributed by atoms with E-state index < -0.39 is 0 Å². The Morgan fingerprint density at radius 3 is 1.36 bits per heavy atom. The van der Waals surface area contributed by atoms with Crippen LogP contribution in [0.4, 0.5) is 0 Å². The molecule has 0 amide bonds. The Kier molecular flexibility index (Phi) is 13.4. The van der Waals surface area contributed by atoms with E-state index in [1.807, 2.05) is 12.2 Å². The van der Waals surface area contributed by atoms with Gasteiger partial charge in [0.25, 0.3) is 0 Å². The Balaban J connectivity index is 0.000000171. The summed E-state index contributed by atoms with van der Waals surface area (Å²) in [6, 6.07) is 54.6. The van der Waals surface area contributed by atoms with Crippen LogP contribution in [0.15, 0.2) is 158 Å². The van der Waals surface area contributed by atoms with Gasteiger partial charge in [0.2, 0.25) is 0 Å². The van der Waals surface area contributed by atoms with Gasteiger partial charge in [-0.05, 0) is 35.4 Å². The first-order valence-corrected chi connectivity index (χ1v) is 21.3. The number of rotatable bonds is 6. The summed E-state index contributed by atoms with van der Waals surface area (Å²) < 4.78 is 1.53. The Morgan fingerprint density at radius 2 is 1.00 bits per heavy atom. The summed E-state index contributed by atoms with van der Waals surface area (Å²) in [7, 11) is 0. The van der Waals surface area contributed by atoms with Gasteiger partial charge in [-0.2, -0.15) is 23.8 Å². The third-order valence-electron chi connectivity index (χ3n) is 10.8. The number of aryl methyl sites for hydroxylation is 2. The molecule has 0 saturated heterocycles. The molecular weight excluding hydrogens is 752 g/mol. The molecule has 0 atom stereocenters. The van der Waals surface area contributed by atoms with Crippen molar-refractivity contribution < 1.29 is 24.2 Å². The van der Waals surface area contributed by atoms with E-state index in [0.717, 1.165) is 12.8 Å². The number of hydrogen-bond donors (Lipinski definition) is 0. The fourth-order valence-corrected chi connectivity index (χ4v) is 9.85. The number of hydrogen-bond acceptors (Lipinski definition) is 0. The molecule has 0 aromatic heterocycles. The van der Waals surface area contributed by atoms with Crippen LogP contribution in [0.1, 0.15) is 115 Å². The van der Waals surface area contributed by atoms with Gasteiger partial charge in [-0.1, -0.05) is 71.6 Å². The first-order chi connectivity index (χ1) is 26.8. The van der Waals surface area contributed by atoms with Crippen LogP contribution >= 0.6 is 0 Å². The van der Waals surface area contributed by atoms with Crippen LogP contribution in [-0.2, 0) is 41.5 Å². The second kappa shape index (κ2) is 18.2. The number of allylic oxidation sites excluding steroid dienone is 4. The molecule has 56 heavy (non-hydrogen) atoms. The van der Waals surface area contributed by atoms with Crippen LogP contribution in [0.5, 0.6) is 0 Å². The molecule has 0 fully saturated rings. The van der Waals surface area contributed by atoms with E-state index in [1.54, 1.807) is 0 Å². The van der Waals surface area contributed by atoms with Gasteiger partial charge in [0, 0.05) is 0 Å². The van der Waals surface area contributed by atoms with Gasteiger partial charge in [0.05, 0.1) is 0 Å². The molecule has 0 bridgehead atoms. The van der Waals surface area contributed by atoms with Gasteiger partial charge in [0.15, 0.2) is 0 Å². The zero-order valence-corrected chi connectivity index (χ0v) is 37.0. The van der Waals surface area contributed by atoms with Crippen LogP contribution < -0.4 is 0 Å². The van der Waals surface area contributed by atoms with Crippen molar-refractivity contribution in [1.82, 2.24) is 0 Å².